The smallest absolute Gasteiger partial charge is 0.272 e. The number of nitrogens with zero attached hydrogens (tertiary/aromatic N) is 6. The number of hydrogen-bond donors (Lipinski definition) is 1. The van der Waals surface area contributed by atoms with Gasteiger partial charge in [0.15, 0.2) is 0 Å². The third kappa shape index (κ3) is 4.65. The fraction of sp³-hybridized carbons (Fsp3) is 0.520. The number of aromatic nitrogens is 4. The summed E-state index contributed by atoms with van der Waals surface area (Å²) in [7, 11) is 1.87. The molecule has 1 N–H and O–H groups in total. The lowest BCUT2D eigenvalue weighted by Gasteiger charge is -2.36. The summed E-state index contributed by atoms with van der Waals surface area (Å²) in [6, 6.07) is 8.36. The van der Waals surface area contributed by atoms with E-state index in [4.69, 9.17) is 0 Å². The molecule has 0 atom stereocenters. The maximum Gasteiger partial charge on any atom is 0.272 e. The van der Waals surface area contributed by atoms with Crippen molar-refractivity contribution in [2.75, 3.05) is 42.9 Å². The largest absolute Gasteiger partial charge is 0.369 e. The number of rotatable bonds is 7. The Morgan fingerprint density at radius 2 is 1.91 bits per heavy atom. The van der Waals surface area contributed by atoms with E-state index in [0.717, 1.165) is 54.2 Å². The van der Waals surface area contributed by atoms with Gasteiger partial charge in [-0.25, -0.2) is 9.97 Å². The average Bonchev–Trinajstić information content (AvgIpc) is 3.60. The van der Waals surface area contributed by atoms with Crippen molar-refractivity contribution in [1.29, 1.82) is 0 Å². The predicted octanol–water partition coefficient (Wildman–Crippen LogP) is 3.66. The summed E-state index contributed by atoms with van der Waals surface area (Å²) in [5, 5.41) is 9.05. The van der Waals surface area contributed by atoms with Crippen LogP contribution in [0.2, 0.25) is 0 Å². The first-order valence-electron chi connectivity index (χ1n) is 12.1. The van der Waals surface area contributed by atoms with Gasteiger partial charge < -0.3 is 15.1 Å². The Kier molecular flexibility index (Phi) is 5.91. The van der Waals surface area contributed by atoms with Crippen LogP contribution in [0, 0.1) is 5.92 Å². The topological polar surface area (TPSA) is 79.2 Å². The van der Waals surface area contributed by atoms with Gasteiger partial charge >= 0.3 is 0 Å². The van der Waals surface area contributed by atoms with E-state index in [1.807, 2.05) is 18.0 Å². The van der Waals surface area contributed by atoms with Gasteiger partial charge in [-0.05, 0) is 49.4 Å². The van der Waals surface area contributed by atoms with Crippen LogP contribution < -0.4 is 10.2 Å². The van der Waals surface area contributed by atoms with Crippen molar-refractivity contribution in [3.05, 3.63) is 42.0 Å². The molecular weight excluding hydrogens is 414 g/mol. The lowest BCUT2D eigenvalue weighted by molar-refractivity contribution is 0.0735. The summed E-state index contributed by atoms with van der Waals surface area (Å²) in [4.78, 5) is 26.3. The summed E-state index contributed by atoms with van der Waals surface area (Å²) in [5.41, 5.74) is 3.84. The second-order valence-electron chi connectivity index (χ2n) is 9.66. The van der Waals surface area contributed by atoms with Crippen LogP contribution in [0.15, 0.2) is 30.6 Å². The normalized spacial score (nSPS) is 16.6. The molecular formula is C25H33N7O. The van der Waals surface area contributed by atoms with Crippen LogP contribution in [0.3, 0.4) is 0 Å². The third-order valence-corrected chi connectivity index (χ3v) is 6.68. The van der Waals surface area contributed by atoms with Crippen LogP contribution in [-0.2, 0) is 7.05 Å². The first-order chi connectivity index (χ1) is 16.0. The Balaban J connectivity index is 1.24. The highest BCUT2D eigenvalue weighted by molar-refractivity contribution is 5.93. The number of anilines is 2. The Bertz CT molecular complexity index is 1140. The molecule has 8 heteroatoms. The van der Waals surface area contributed by atoms with Gasteiger partial charge in [0, 0.05) is 56.8 Å². The van der Waals surface area contributed by atoms with E-state index >= 15 is 0 Å². The summed E-state index contributed by atoms with van der Waals surface area (Å²) in [5.74, 6) is 2.18. The second kappa shape index (κ2) is 9.00. The minimum absolute atomic E-state index is 0.0833. The highest BCUT2D eigenvalue weighted by Gasteiger charge is 2.30. The van der Waals surface area contributed by atoms with Crippen molar-refractivity contribution in [2.24, 2.45) is 13.0 Å². The molecule has 0 bridgehead atoms. The molecule has 0 unspecified atom stereocenters. The molecule has 1 amide bonds. The van der Waals surface area contributed by atoms with E-state index in [1.165, 1.54) is 12.8 Å². The van der Waals surface area contributed by atoms with Gasteiger partial charge in [0.05, 0.1) is 11.2 Å². The number of fused-ring (bicyclic) bond motifs is 1. The molecule has 0 spiro atoms. The van der Waals surface area contributed by atoms with E-state index in [0.29, 0.717) is 30.6 Å². The molecule has 3 aromatic rings. The molecule has 8 nitrogen and oxygen atoms in total. The van der Waals surface area contributed by atoms with Gasteiger partial charge in [-0.15, -0.1) is 0 Å². The van der Waals surface area contributed by atoms with Crippen LogP contribution in [0.1, 0.15) is 55.2 Å². The molecule has 33 heavy (non-hydrogen) atoms. The van der Waals surface area contributed by atoms with Crippen molar-refractivity contribution < 1.29 is 4.79 Å². The van der Waals surface area contributed by atoms with E-state index in [2.05, 4.69) is 57.3 Å². The van der Waals surface area contributed by atoms with E-state index in [-0.39, 0.29) is 5.91 Å². The number of benzene rings is 1. The van der Waals surface area contributed by atoms with E-state index in [9.17, 15) is 4.79 Å². The molecule has 2 fully saturated rings. The number of aryl methyl sites for hydroxylation is 1. The standard InChI is InChI=1S/C25H33N7O/c1-17(2)8-9-26-24-20-7-6-19(14-22(20)27-16-28-24)31-10-12-32(13-11-31)25(33)23-15-21(18-4-5-18)29-30(23)3/h6-7,14-18H,4-5,8-13H2,1-3H3,(H,26,27,28). The maximum absolute atomic E-state index is 13.1. The van der Waals surface area contributed by atoms with Crippen LogP contribution in [0.5, 0.6) is 0 Å². The van der Waals surface area contributed by atoms with Crippen molar-refractivity contribution in [2.45, 2.75) is 39.0 Å². The molecule has 1 saturated heterocycles. The van der Waals surface area contributed by atoms with Crippen LogP contribution >= 0.6 is 0 Å². The quantitative estimate of drug-likeness (QED) is 0.595. The first-order valence-corrected chi connectivity index (χ1v) is 12.1. The van der Waals surface area contributed by atoms with E-state index < -0.39 is 0 Å². The van der Waals surface area contributed by atoms with Crippen molar-refractivity contribution >= 4 is 28.3 Å². The molecule has 2 aromatic heterocycles. The third-order valence-electron chi connectivity index (χ3n) is 6.68. The van der Waals surface area contributed by atoms with Crippen LogP contribution in [0.25, 0.3) is 10.9 Å². The fourth-order valence-corrected chi connectivity index (χ4v) is 4.46. The number of hydrogen-bond acceptors (Lipinski definition) is 6. The lowest BCUT2D eigenvalue weighted by Crippen LogP contribution is -2.49. The Morgan fingerprint density at radius 1 is 1.12 bits per heavy atom. The zero-order chi connectivity index (χ0) is 22.9. The number of carbonyl (C=O) groups excluding carboxylic acids is 1. The van der Waals surface area contributed by atoms with Gasteiger partial charge in [-0.2, -0.15) is 5.10 Å². The van der Waals surface area contributed by atoms with Gasteiger partial charge in [0.25, 0.3) is 5.91 Å². The SMILES string of the molecule is CC(C)CCNc1ncnc2cc(N3CCN(C(=O)c4cc(C5CC5)nn4C)CC3)ccc12. The highest BCUT2D eigenvalue weighted by Crippen LogP contribution is 2.39. The average molecular weight is 448 g/mol. The first kappa shape index (κ1) is 21.7. The summed E-state index contributed by atoms with van der Waals surface area (Å²) in [6.45, 7) is 8.35. The number of carbonyl (C=O) groups is 1. The number of nitrogens with one attached hydrogen (secondary N) is 1. The lowest BCUT2D eigenvalue weighted by atomic mass is 10.1. The predicted molar refractivity (Wildman–Crippen MR) is 131 cm³/mol. The molecule has 1 aliphatic carbocycles. The zero-order valence-corrected chi connectivity index (χ0v) is 19.8. The molecule has 1 aromatic carbocycles. The summed E-state index contributed by atoms with van der Waals surface area (Å²) >= 11 is 0. The van der Waals surface area contributed by atoms with Gasteiger partial charge in [-0.1, -0.05) is 13.8 Å². The van der Waals surface area contributed by atoms with E-state index in [1.54, 1.807) is 11.0 Å². The molecule has 5 rings (SSSR count). The zero-order valence-electron chi connectivity index (χ0n) is 19.8. The Labute approximate surface area is 195 Å². The molecule has 3 heterocycles. The second-order valence-corrected chi connectivity index (χ2v) is 9.66. The number of amides is 1. The number of piperazine rings is 1. The van der Waals surface area contributed by atoms with Crippen molar-refractivity contribution in [1.82, 2.24) is 24.6 Å². The molecule has 174 valence electrons. The fourth-order valence-electron chi connectivity index (χ4n) is 4.46. The van der Waals surface area contributed by atoms with Crippen molar-refractivity contribution in [3.8, 4) is 0 Å². The van der Waals surface area contributed by atoms with Crippen molar-refractivity contribution in [3.63, 3.8) is 0 Å². The van der Waals surface area contributed by atoms with Gasteiger partial charge in [0.1, 0.15) is 17.8 Å². The molecule has 1 saturated carbocycles. The highest BCUT2D eigenvalue weighted by atomic mass is 16.2. The minimum Gasteiger partial charge on any atom is -0.369 e. The Morgan fingerprint density at radius 3 is 2.64 bits per heavy atom. The monoisotopic (exact) mass is 447 g/mol. The van der Waals surface area contributed by atoms with Gasteiger partial charge in [0.2, 0.25) is 0 Å². The summed E-state index contributed by atoms with van der Waals surface area (Å²) in [6.07, 6.45) is 5.11. The minimum atomic E-state index is 0.0833. The molecule has 0 radical (unpaired) electrons. The van der Waals surface area contributed by atoms with Gasteiger partial charge in [-0.3, -0.25) is 9.48 Å². The maximum atomic E-state index is 13.1. The Hall–Kier alpha value is -3.16. The summed E-state index contributed by atoms with van der Waals surface area (Å²) < 4.78 is 1.75. The van der Waals surface area contributed by atoms with Crippen LogP contribution in [-0.4, -0.2) is 63.3 Å². The molecule has 2 aliphatic rings. The van der Waals surface area contributed by atoms with Crippen LogP contribution in [0.4, 0.5) is 11.5 Å². The molecule has 1 aliphatic heterocycles.